The van der Waals surface area contributed by atoms with Crippen molar-refractivity contribution in [2.24, 2.45) is 16.2 Å². The van der Waals surface area contributed by atoms with E-state index in [-0.39, 0.29) is 34.1 Å². The highest BCUT2D eigenvalue weighted by Gasteiger charge is 2.50. The summed E-state index contributed by atoms with van der Waals surface area (Å²) in [6.07, 6.45) is 18.5. The quantitative estimate of drug-likeness (QED) is 0.144. The molecule has 3 aromatic carbocycles. The van der Waals surface area contributed by atoms with Crippen molar-refractivity contribution in [1.29, 1.82) is 0 Å². The molecule has 66 heavy (non-hydrogen) atoms. The zero-order valence-electron chi connectivity index (χ0n) is 38.5. The summed E-state index contributed by atoms with van der Waals surface area (Å²) in [5, 5.41) is 11.8. The van der Waals surface area contributed by atoms with Crippen molar-refractivity contribution in [3.05, 3.63) is 105 Å². The Bertz CT molecular complexity index is 2310. The first-order valence-corrected chi connectivity index (χ1v) is 24.3. The number of aryl methyl sites for hydroxylation is 3. The lowest BCUT2D eigenvalue weighted by Crippen LogP contribution is -2.52. The van der Waals surface area contributed by atoms with Crippen molar-refractivity contribution in [3.8, 4) is 0 Å². The van der Waals surface area contributed by atoms with Crippen LogP contribution in [-0.2, 0) is 62.4 Å². The second kappa shape index (κ2) is 18.6. The first-order chi connectivity index (χ1) is 31.9. The van der Waals surface area contributed by atoms with Gasteiger partial charge in [0.15, 0.2) is 0 Å². The SMILES string of the molecule is COC(=O)c1ccc2c(c1)CCC1(CCCN(C3CC3)C1=O)C2.COC(=O)c1ccc2c(c1)CCC1(CCCNC1=O)C2.O=C(NO)c1ccc2c(c1)CCC1(CCCN(C3CC3)C1=O)C2. The van der Waals surface area contributed by atoms with E-state index in [1.807, 2.05) is 42.5 Å². The van der Waals surface area contributed by atoms with Crippen molar-refractivity contribution in [2.75, 3.05) is 33.9 Å². The lowest BCUT2D eigenvalue weighted by Gasteiger charge is -2.44. The van der Waals surface area contributed by atoms with Crippen molar-refractivity contribution < 1.29 is 43.4 Å². The molecular weight excluding hydrogens is 837 g/mol. The van der Waals surface area contributed by atoms with Gasteiger partial charge in [0.1, 0.15) is 0 Å². The molecule has 8 aliphatic rings. The van der Waals surface area contributed by atoms with Gasteiger partial charge < -0.3 is 24.6 Å². The highest BCUT2D eigenvalue weighted by molar-refractivity contribution is 5.94. The number of hydrogen-bond acceptors (Lipinski definition) is 9. The van der Waals surface area contributed by atoms with Gasteiger partial charge in [-0.2, -0.15) is 0 Å². The second-order valence-electron chi connectivity index (χ2n) is 20.3. The predicted molar refractivity (Wildman–Crippen MR) is 245 cm³/mol. The van der Waals surface area contributed by atoms with Gasteiger partial charge in [0.2, 0.25) is 17.7 Å². The van der Waals surface area contributed by atoms with Gasteiger partial charge in [-0.25, -0.2) is 15.1 Å². The Kier molecular flexibility index (Phi) is 12.9. The molecule has 4 amide bonds. The maximum atomic E-state index is 13.1. The molecule has 0 aromatic heterocycles. The van der Waals surface area contributed by atoms with Gasteiger partial charge in [-0.3, -0.25) is 24.4 Å². The van der Waals surface area contributed by atoms with Crippen LogP contribution in [0.4, 0.5) is 0 Å². The van der Waals surface area contributed by atoms with E-state index in [0.717, 1.165) is 134 Å². The first-order valence-electron chi connectivity index (χ1n) is 24.3. The average molecular weight is 901 g/mol. The Morgan fingerprint density at radius 2 is 0.985 bits per heavy atom. The first kappa shape index (κ1) is 45.6. The van der Waals surface area contributed by atoms with Gasteiger partial charge >= 0.3 is 11.9 Å². The number of likely N-dealkylation sites (tertiary alicyclic amines) is 2. The Morgan fingerprint density at radius 3 is 1.41 bits per heavy atom. The minimum absolute atomic E-state index is 0.194. The van der Waals surface area contributed by atoms with Gasteiger partial charge in [-0.05, 0) is 192 Å². The van der Waals surface area contributed by atoms with Crippen LogP contribution in [0.25, 0.3) is 0 Å². The fraction of sp³-hybridized carbons (Fsp3) is 0.547. The van der Waals surface area contributed by atoms with Gasteiger partial charge in [-0.15, -0.1) is 0 Å². The molecule has 5 fully saturated rings. The third-order valence-corrected chi connectivity index (χ3v) is 16.1. The molecule has 3 aliphatic heterocycles. The Morgan fingerprint density at radius 1 is 0.576 bits per heavy atom. The van der Waals surface area contributed by atoms with E-state index in [2.05, 4.69) is 15.1 Å². The number of benzene rings is 3. The molecule has 3 saturated heterocycles. The Balaban J connectivity index is 0.000000125. The van der Waals surface area contributed by atoms with Crippen LogP contribution in [0.2, 0.25) is 0 Å². The summed E-state index contributed by atoms with van der Waals surface area (Å²) >= 11 is 0. The van der Waals surface area contributed by atoms with Crippen LogP contribution in [0.3, 0.4) is 0 Å². The monoisotopic (exact) mass is 900 g/mol. The topological polar surface area (TPSA) is 172 Å². The number of rotatable bonds is 5. The number of methoxy groups -OCH3 is 2. The van der Waals surface area contributed by atoms with Crippen LogP contribution in [0.15, 0.2) is 54.6 Å². The molecule has 2 saturated carbocycles. The summed E-state index contributed by atoms with van der Waals surface area (Å²) in [5.74, 6) is -0.138. The number of amides is 4. The molecule has 3 aromatic rings. The van der Waals surface area contributed by atoms with E-state index >= 15 is 0 Å². The number of fused-ring (bicyclic) bond motifs is 3. The zero-order valence-corrected chi connectivity index (χ0v) is 38.5. The molecule has 3 unspecified atom stereocenters. The lowest BCUT2D eigenvalue weighted by molar-refractivity contribution is -0.148. The fourth-order valence-electron chi connectivity index (χ4n) is 12.1. The average Bonchev–Trinajstić information content (AvgIpc) is 4.30. The number of hydrogen-bond donors (Lipinski definition) is 3. The summed E-state index contributed by atoms with van der Waals surface area (Å²) in [5.41, 5.74) is 9.82. The zero-order chi connectivity index (χ0) is 46.2. The third-order valence-electron chi connectivity index (χ3n) is 16.1. The van der Waals surface area contributed by atoms with E-state index in [4.69, 9.17) is 14.7 Å². The van der Waals surface area contributed by atoms with Crippen molar-refractivity contribution in [1.82, 2.24) is 20.6 Å². The molecule has 0 radical (unpaired) electrons. The molecule has 0 bridgehead atoms. The number of hydroxylamine groups is 1. The van der Waals surface area contributed by atoms with Gasteiger partial charge in [-0.1, -0.05) is 18.2 Å². The molecule has 3 heterocycles. The molecule has 350 valence electrons. The minimum atomic E-state index is -0.485. The fourth-order valence-corrected chi connectivity index (χ4v) is 12.1. The number of ether oxygens (including phenoxy) is 2. The maximum Gasteiger partial charge on any atom is 0.337 e. The molecule has 3 atom stereocenters. The van der Waals surface area contributed by atoms with E-state index in [0.29, 0.717) is 40.6 Å². The normalized spacial score (nSPS) is 26.4. The second-order valence-corrected chi connectivity index (χ2v) is 20.3. The van der Waals surface area contributed by atoms with Crippen LogP contribution >= 0.6 is 0 Å². The minimum Gasteiger partial charge on any atom is -0.465 e. The number of carbonyl (C=O) groups excluding carboxylic acids is 6. The van der Waals surface area contributed by atoms with Crippen LogP contribution < -0.4 is 10.8 Å². The summed E-state index contributed by atoms with van der Waals surface area (Å²) in [6.45, 7) is 2.67. The van der Waals surface area contributed by atoms with E-state index in [1.165, 1.54) is 54.9 Å². The van der Waals surface area contributed by atoms with Crippen molar-refractivity contribution in [2.45, 2.75) is 134 Å². The van der Waals surface area contributed by atoms with Gasteiger partial charge in [0.25, 0.3) is 5.91 Å². The molecule has 13 heteroatoms. The van der Waals surface area contributed by atoms with Crippen LogP contribution in [0.1, 0.15) is 148 Å². The predicted octanol–water partition coefficient (Wildman–Crippen LogP) is 6.66. The van der Waals surface area contributed by atoms with E-state index < -0.39 is 5.91 Å². The summed E-state index contributed by atoms with van der Waals surface area (Å²) in [7, 11) is 2.80. The molecule has 3 N–H and O–H groups in total. The number of piperidine rings is 3. The maximum absolute atomic E-state index is 13.1. The highest BCUT2D eigenvalue weighted by atomic mass is 16.5. The van der Waals surface area contributed by atoms with Crippen LogP contribution in [0.5, 0.6) is 0 Å². The summed E-state index contributed by atoms with van der Waals surface area (Å²) in [6, 6.07) is 18.0. The Labute approximate surface area is 387 Å². The van der Waals surface area contributed by atoms with E-state index in [9.17, 15) is 28.8 Å². The molecule has 13 nitrogen and oxygen atoms in total. The number of esters is 2. The number of nitrogens with one attached hydrogen (secondary N) is 2. The molecular formula is C53H64N4O9. The largest absolute Gasteiger partial charge is 0.465 e. The smallest absolute Gasteiger partial charge is 0.337 e. The van der Waals surface area contributed by atoms with Crippen molar-refractivity contribution >= 4 is 35.6 Å². The summed E-state index contributed by atoms with van der Waals surface area (Å²) < 4.78 is 9.55. The molecule has 5 aliphatic carbocycles. The lowest BCUT2D eigenvalue weighted by atomic mass is 9.66. The third kappa shape index (κ3) is 8.99. The van der Waals surface area contributed by atoms with Crippen LogP contribution in [0, 0.1) is 16.2 Å². The van der Waals surface area contributed by atoms with E-state index in [1.54, 1.807) is 17.6 Å². The standard InChI is InChI=1S/C19H23NO3.C18H22N2O3.C16H19NO3/c1-23-17(21)14-3-4-15-12-19(9-7-13(15)11-14)8-2-10-20(18(19)22)16-5-6-16;21-16(19-23)13-2-3-14-11-18(8-6-12(14)10-13)7-1-9-20(17(18)22)15-4-5-15;1-20-14(18)12-3-4-13-10-16(7-5-11(13)9-12)6-2-8-17-15(16)19/h3-4,11,16H,2,5-10,12H2,1H3;2-3,10,15,23H,1,4-9,11H2,(H,19,21);3-4,9H,2,5-8,10H2,1H3,(H,17,19). The number of carbonyl (C=O) groups is 6. The van der Waals surface area contributed by atoms with Gasteiger partial charge in [0, 0.05) is 37.3 Å². The highest BCUT2D eigenvalue weighted by Crippen LogP contribution is 2.48. The number of nitrogens with zero attached hydrogens (tertiary/aromatic N) is 2. The summed E-state index contributed by atoms with van der Waals surface area (Å²) in [4.78, 5) is 77.4. The van der Waals surface area contributed by atoms with Crippen molar-refractivity contribution in [3.63, 3.8) is 0 Å². The van der Waals surface area contributed by atoms with Crippen LogP contribution in [-0.4, -0.2) is 96.5 Å². The van der Waals surface area contributed by atoms with Gasteiger partial charge in [0.05, 0.1) is 41.6 Å². The Hall–Kier alpha value is -5.56. The molecule has 3 spiro atoms. The molecule has 11 rings (SSSR count).